The summed E-state index contributed by atoms with van der Waals surface area (Å²) < 4.78 is 5.60. The van der Waals surface area contributed by atoms with Crippen LogP contribution in [-0.2, 0) is 27.4 Å². The summed E-state index contributed by atoms with van der Waals surface area (Å²) in [4.78, 5) is 0. The molecule has 6 heteroatoms. The van der Waals surface area contributed by atoms with E-state index in [4.69, 9.17) is 4.74 Å². The maximum Gasteiger partial charge on any atom is -0.0809 e. The van der Waals surface area contributed by atoms with Gasteiger partial charge in [-0.25, -0.2) is 0 Å². The average molecular weight is 543 g/mol. The fraction of sp³-hybridized carbons (Fsp3) is 0.0500. The minimum Gasteiger partial charge on any atom is -0.168 e. The molecule has 1 nitrogen and oxygen atoms in total. The van der Waals surface area contributed by atoms with Gasteiger partial charge in [0, 0.05) is 0 Å². The molecule has 0 spiro atoms. The van der Waals surface area contributed by atoms with Crippen molar-refractivity contribution in [1.82, 2.24) is 0 Å². The number of hydrogen-bond acceptors (Lipinski definition) is 2. The first-order chi connectivity index (χ1) is 11.8. The van der Waals surface area contributed by atoms with E-state index >= 15 is 0 Å². The Morgan fingerprint density at radius 2 is 1.85 bits per heavy atom. The number of hydrogen-bond donors (Lipinski definition) is 0. The Bertz CT molecular complexity index is 986. The molecule has 0 N–H and O–H groups in total. The fourth-order valence-electron chi connectivity index (χ4n) is 2.76. The Labute approximate surface area is 191 Å². The minimum atomic E-state index is 0. The molecule has 1 unspecified atom stereocenters. The smallest absolute Gasteiger partial charge is 0.0809 e. The van der Waals surface area contributed by atoms with Crippen LogP contribution in [0.5, 0.6) is 0 Å². The molecule has 26 heavy (non-hydrogen) atoms. The summed E-state index contributed by atoms with van der Waals surface area (Å²) in [7, 11) is 4.17. The number of ether oxygens (including phenoxy) is 1. The summed E-state index contributed by atoms with van der Waals surface area (Å²) in [5.41, 5.74) is 1.17. The van der Waals surface area contributed by atoms with Crippen LogP contribution in [0.25, 0.3) is 22.6 Å². The molecular weight excluding hydrogens is 530 g/mol. The van der Waals surface area contributed by atoms with Gasteiger partial charge in [-0.2, -0.15) is 17.5 Å². The summed E-state index contributed by atoms with van der Waals surface area (Å²) in [6.07, 6.45) is 4.16. The van der Waals surface area contributed by atoms with Gasteiger partial charge in [0.2, 0.25) is 0 Å². The molecule has 0 saturated carbocycles. The van der Waals surface area contributed by atoms with Crippen LogP contribution in [0.3, 0.4) is 0 Å². The molecule has 0 saturated heterocycles. The molecule has 3 aromatic rings. The third kappa shape index (κ3) is 5.27. The van der Waals surface area contributed by atoms with Gasteiger partial charge in [0.05, 0.1) is 5.76 Å². The van der Waals surface area contributed by atoms with E-state index in [9.17, 15) is 0 Å². The minimum absolute atomic E-state index is 0. The number of halogens is 3. The van der Waals surface area contributed by atoms with Crippen molar-refractivity contribution in [2.24, 2.45) is 0 Å². The van der Waals surface area contributed by atoms with Crippen LogP contribution in [0.4, 0.5) is 0 Å². The van der Waals surface area contributed by atoms with Crippen LogP contribution >= 0.6 is 24.8 Å². The van der Waals surface area contributed by atoms with E-state index in [0.29, 0.717) is 0 Å². The van der Waals surface area contributed by atoms with Crippen molar-refractivity contribution in [3.8, 4) is 0 Å². The predicted molar refractivity (Wildman–Crippen MR) is 101 cm³/mol. The van der Waals surface area contributed by atoms with Gasteiger partial charge in [-0.1, -0.05) is 11.3 Å². The molecule has 5 rings (SSSR count). The van der Waals surface area contributed by atoms with Gasteiger partial charge in [-0.15, -0.1) is 65.2 Å². The Morgan fingerprint density at radius 1 is 1.08 bits per heavy atom. The zero-order valence-corrected chi connectivity index (χ0v) is 19.8. The van der Waals surface area contributed by atoms with Crippen molar-refractivity contribution >= 4 is 47.4 Å². The molecule has 0 aromatic heterocycles. The molecular formula is C20H13BrCl2OSZr-2. The molecule has 3 aromatic carbocycles. The average Bonchev–Trinajstić information content (AvgIpc) is 3.31. The molecule has 132 valence electrons. The van der Waals surface area contributed by atoms with E-state index in [-0.39, 0.29) is 29.8 Å². The van der Waals surface area contributed by atoms with Crippen molar-refractivity contribution in [1.29, 1.82) is 0 Å². The summed E-state index contributed by atoms with van der Waals surface area (Å²) in [6, 6.07) is 23.8. The SMILES string of the molecule is BrC1C=C2C=c3[c-]cccc3=C2O1.[Cl-].[Cl-].[S]=[Zr+2].c1ccc2[cH-]ccc2c1. The molecule has 0 radical (unpaired) electrons. The van der Waals surface area contributed by atoms with E-state index in [1.165, 1.54) is 16.3 Å². The summed E-state index contributed by atoms with van der Waals surface area (Å²) in [6.45, 7) is 0. The fourth-order valence-corrected chi connectivity index (χ4v) is 3.23. The first-order valence-electron chi connectivity index (χ1n) is 7.38. The first kappa shape index (κ1) is 23.5. The molecule has 1 aliphatic carbocycles. The topological polar surface area (TPSA) is 9.23 Å². The quantitative estimate of drug-likeness (QED) is 0.247. The normalized spacial score (nSPS) is 15.3. The van der Waals surface area contributed by atoms with E-state index in [0.717, 1.165) is 38.9 Å². The predicted octanol–water partition coefficient (Wildman–Crippen LogP) is -1.72. The second-order valence-corrected chi connectivity index (χ2v) is 6.12. The van der Waals surface area contributed by atoms with Crippen LogP contribution in [-0.4, -0.2) is 5.01 Å². The van der Waals surface area contributed by atoms with Gasteiger partial charge in [0.25, 0.3) is 0 Å². The van der Waals surface area contributed by atoms with Gasteiger partial charge in [-0.05, 0) is 27.6 Å². The van der Waals surface area contributed by atoms with Gasteiger partial charge < -0.3 is 29.6 Å². The number of benzene rings is 2. The van der Waals surface area contributed by atoms with E-state index in [2.05, 4.69) is 91.5 Å². The zero-order valence-electron chi connectivity index (χ0n) is 13.5. The van der Waals surface area contributed by atoms with Crippen LogP contribution in [0.15, 0.2) is 72.3 Å². The second-order valence-electron chi connectivity index (χ2n) is 5.22. The largest absolute Gasteiger partial charge is 0.168 e. The Kier molecular flexibility index (Phi) is 10.3. The van der Waals surface area contributed by atoms with Crippen molar-refractivity contribution in [2.75, 3.05) is 0 Å². The van der Waals surface area contributed by atoms with Crippen molar-refractivity contribution in [2.45, 2.75) is 5.01 Å². The van der Waals surface area contributed by atoms with E-state index < -0.39 is 0 Å². The van der Waals surface area contributed by atoms with Crippen LogP contribution in [0.1, 0.15) is 0 Å². The molecule has 1 atom stereocenters. The maximum absolute atomic E-state index is 5.60. The van der Waals surface area contributed by atoms with Gasteiger partial charge in [0.15, 0.2) is 5.01 Å². The second kappa shape index (κ2) is 11.4. The molecule has 2 aliphatic rings. The Hall–Kier alpha value is -0.507. The van der Waals surface area contributed by atoms with Crippen LogP contribution < -0.4 is 35.3 Å². The number of rotatable bonds is 0. The maximum atomic E-state index is 5.60. The summed E-state index contributed by atoms with van der Waals surface area (Å²) >= 11 is 4.53. The summed E-state index contributed by atoms with van der Waals surface area (Å²) in [5, 5.41) is 4.97. The van der Waals surface area contributed by atoms with Crippen LogP contribution in [0, 0.1) is 6.07 Å². The third-order valence-corrected chi connectivity index (χ3v) is 4.23. The van der Waals surface area contributed by atoms with Gasteiger partial charge >= 0.3 is 31.5 Å². The molecule has 1 aliphatic heterocycles. The van der Waals surface area contributed by atoms with E-state index in [1.54, 1.807) is 0 Å². The first-order valence-corrected chi connectivity index (χ1v) is 11.7. The molecule has 1 heterocycles. The van der Waals surface area contributed by atoms with E-state index in [1.807, 2.05) is 12.1 Å². The molecule has 0 bridgehead atoms. The standard InChI is InChI=1S/C11H6BrO.C9H7.2ClH.S.Zr/c12-10-6-8-5-7-3-1-2-4-9(7)11(8)13-10;1-2-5-9-7-3-6-8(9)4-1;;;;/h1-2,4-6,10H;1-7H;2*1H;;/q2*-1;;;;+2/p-2. The molecule has 0 amide bonds. The zero-order chi connectivity index (χ0) is 16.9. The van der Waals surface area contributed by atoms with Crippen molar-refractivity contribution in [3.05, 3.63) is 88.8 Å². The summed E-state index contributed by atoms with van der Waals surface area (Å²) in [5.74, 6) is 0.980. The van der Waals surface area contributed by atoms with Crippen molar-refractivity contribution < 1.29 is 52.2 Å². The van der Waals surface area contributed by atoms with Gasteiger partial charge in [-0.3, -0.25) is 0 Å². The Balaban J connectivity index is 0.000000232. The monoisotopic (exact) mass is 540 g/mol. The Morgan fingerprint density at radius 3 is 2.62 bits per heavy atom. The van der Waals surface area contributed by atoms with Crippen molar-refractivity contribution in [3.63, 3.8) is 0 Å². The number of fused-ring (bicyclic) bond motifs is 3. The van der Waals surface area contributed by atoms with Crippen LogP contribution in [0.2, 0.25) is 0 Å². The van der Waals surface area contributed by atoms with Gasteiger partial charge in [0.1, 0.15) is 0 Å². The third-order valence-electron chi connectivity index (χ3n) is 3.78. The molecule has 0 fully saturated rings. The number of alkyl halides is 1.